The summed E-state index contributed by atoms with van der Waals surface area (Å²) in [6, 6.07) is 15.5. The molecule has 0 bridgehead atoms. The number of methoxy groups -OCH3 is 2. The van der Waals surface area contributed by atoms with Crippen molar-refractivity contribution in [1.29, 1.82) is 0 Å². The van der Waals surface area contributed by atoms with Gasteiger partial charge in [0.2, 0.25) is 5.91 Å². The Balaban J connectivity index is 2.02. The van der Waals surface area contributed by atoms with Crippen molar-refractivity contribution in [3.8, 4) is 0 Å². The van der Waals surface area contributed by atoms with Crippen molar-refractivity contribution in [3.63, 3.8) is 0 Å². The van der Waals surface area contributed by atoms with Crippen LogP contribution < -0.4 is 9.62 Å². The smallest absolute Gasteiger partial charge is 0.339 e. The molecule has 36 heavy (non-hydrogen) atoms. The second kappa shape index (κ2) is 11.4. The molecule has 3 aromatic carbocycles. The number of ether oxygens (including phenoxy) is 2. The molecule has 3 aromatic rings. The third-order valence-corrected chi connectivity index (χ3v) is 7.46. The highest BCUT2D eigenvalue weighted by Gasteiger charge is 2.28. The third kappa shape index (κ3) is 5.96. The molecule has 3 rings (SSSR count). The van der Waals surface area contributed by atoms with Crippen LogP contribution in [0.15, 0.2) is 71.6 Å². The highest BCUT2D eigenvalue weighted by atomic mass is 35.5. The molecule has 0 aromatic heterocycles. The van der Waals surface area contributed by atoms with Gasteiger partial charge in [-0.15, -0.1) is 0 Å². The average molecular weight is 551 g/mol. The maximum Gasteiger partial charge on any atom is 0.339 e. The van der Waals surface area contributed by atoms with Crippen LogP contribution in [0.5, 0.6) is 0 Å². The van der Waals surface area contributed by atoms with Crippen molar-refractivity contribution >= 4 is 62.4 Å². The lowest BCUT2D eigenvalue weighted by Gasteiger charge is -2.24. The van der Waals surface area contributed by atoms with E-state index < -0.39 is 34.4 Å². The number of carbonyl (C=O) groups is 3. The molecule has 0 radical (unpaired) electrons. The van der Waals surface area contributed by atoms with Crippen LogP contribution in [0.1, 0.15) is 20.7 Å². The van der Waals surface area contributed by atoms with E-state index in [1.165, 1.54) is 55.6 Å². The monoisotopic (exact) mass is 550 g/mol. The summed E-state index contributed by atoms with van der Waals surface area (Å²) in [5, 5.41) is 2.77. The zero-order valence-electron chi connectivity index (χ0n) is 19.0. The van der Waals surface area contributed by atoms with Gasteiger partial charge in [-0.05, 0) is 48.5 Å². The molecule has 0 aliphatic rings. The van der Waals surface area contributed by atoms with Crippen LogP contribution in [0.3, 0.4) is 0 Å². The Morgan fingerprint density at radius 2 is 1.53 bits per heavy atom. The van der Waals surface area contributed by atoms with Gasteiger partial charge in [-0.25, -0.2) is 18.0 Å². The molecule has 12 heteroatoms. The maximum absolute atomic E-state index is 13.5. The second-order valence-corrected chi connectivity index (χ2v) is 9.89. The van der Waals surface area contributed by atoms with Crippen LogP contribution in [0.25, 0.3) is 0 Å². The van der Waals surface area contributed by atoms with Crippen molar-refractivity contribution in [2.45, 2.75) is 4.90 Å². The zero-order chi connectivity index (χ0) is 26.5. The number of esters is 2. The number of sulfonamides is 1. The van der Waals surface area contributed by atoms with Crippen molar-refractivity contribution in [2.24, 2.45) is 0 Å². The summed E-state index contributed by atoms with van der Waals surface area (Å²) in [7, 11) is -1.89. The summed E-state index contributed by atoms with van der Waals surface area (Å²) < 4.78 is 37.2. The fraction of sp³-hybridized carbons (Fsp3) is 0.125. The number of hydrogen-bond donors (Lipinski definition) is 1. The van der Waals surface area contributed by atoms with Crippen molar-refractivity contribution in [2.75, 3.05) is 30.4 Å². The van der Waals surface area contributed by atoms with E-state index in [9.17, 15) is 22.8 Å². The van der Waals surface area contributed by atoms with E-state index >= 15 is 0 Å². The second-order valence-electron chi connectivity index (χ2n) is 7.21. The van der Waals surface area contributed by atoms with Crippen LogP contribution in [-0.4, -0.2) is 47.0 Å². The molecule has 1 amide bonds. The highest BCUT2D eigenvalue weighted by molar-refractivity contribution is 7.92. The minimum absolute atomic E-state index is 0.0505. The maximum atomic E-state index is 13.5. The number of rotatable bonds is 8. The topological polar surface area (TPSA) is 119 Å². The van der Waals surface area contributed by atoms with Gasteiger partial charge in [-0.3, -0.25) is 9.10 Å². The highest BCUT2D eigenvalue weighted by Crippen LogP contribution is 2.30. The van der Waals surface area contributed by atoms with E-state index in [0.717, 1.165) is 11.4 Å². The number of anilines is 2. The predicted octanol–water partition coefficient (Wildman–Crippen LogP) is 4.40. The Morgan fingerprint density at radius 3 is 2.14 bits per heavy atom. The molecule has 0 saturated carbocycles. The van der Waals surface area contributed by atoms with Gasteiger partial charge in [0, 0.05) is 0 Å². The molecule has 0 saturated heterocycles. The summed E-state index contributed by atoms with van der Waals surface area (Å²) in [6.45, 7) is -0.696. The van der Waals surface area contributed by atoms with Gasteiger partial charge < -0.3 is 14.8 Å². The number of nitrogens with one attached hydrogen (secondary N) is 1. The summed E-state index contributed by atoms with van der Waals surface area (Å²) in [4.78, 5) is 37.2. The van der Waals surface area contributed by atoms with E-state index in [2.05, 4.69) is 10.1 Å². The summed E-state index contributed by atoms with van der Waals surface area (Å²) in [5.41, 5.74) is 0.0186. The van der Waals surface area contributed by atoms with Crippen LogP contribution >= 0.6 is 23.2 Å². The first kappa shape index (κ1) is 27.0. The zero-order valence-corrected chi connectivity index (χ0v) is 21.4. The van der Waals surface area contributed by atoms with Crippen LogP contribution in [0.2, 0.25) is 10.0 Å². The van der Waals surface area contributed by atoms with Crippen LogP contribution in [0.4, 0.5) is 11.4 Å². The molecule has 0 fully saturated rings. The Morgan fingerprint density at radius 1 is 0.861 bits per heavy atom. The Hall–Kier alpha value is -3.60. The Kier molecular flexibility index (Phi) is 8.57. The lowest BCUT2D eigenvalue weighted by Crippen LogP contribution is -2.38. The third-order valence-electron chi connectivity index (χ3n) is 4.93. The number of amides is 1. The SMILES string of the molecule is COC(=O)c1ccc(C(=O)OC)c(NC(=O)CN(c2ccc(Cl)c(Cl)c2)S(=O)(=O)c2ccccc2)c1. The first-order valence-electron chi connectivity index (χ1n) is 10.2. The van der Waals surface area contributed by atoms with Crippen molar-refractivity contribution in [1.82, 2.24) is 0 Å². The molecule has 0 heterocycles. The molecule has 0 aliphatic carbocycles. The number of benzene rings is 3. The number of nitrogens with zero attached hydrogens (tertiary/aromatic N) is 1. The molecule has 9 nitrogen and oxygen atoms in total. The van der Waals surface area contributed by atoms with Gasteiger partial charge in [-0.1, -0.05) is 41.4 Å². The molecule has 0 aliphatic heterocycles. The molecular formula is C24H20Cl2N2O7S. The number of halogens is 2. The first-order valence-corrected chi connectivity index (χ1v) is 12.4. The largest absolute Gasteiger partial charge is 0.465 e. The van der Waals surface area contributed by atoms with Gasteiger partial charge in [0.25, 0.3) is 10.0 Å². The van der Waals surface area contributed by atoms with E-state index in [4.69, 9.17) is 27.9 Å². The normalized spacial score (nSPS) is 10.9. The van der Waals surface area contributed by atoms with Crippen molar-refractivity contribution < 1.29 is 32.3 Å². The minimum Gasteiger partial charge on any atom is -0.465 e. The van der Waals surface area contributed by atoms with Crippen molar-refractivity contribution in [3.05, 3.63) is 87.9 Å². The van der Waals surface area contributed by atoms with E-state index in [1.807, 2.05) is 0 Å². The first-order chi connectivity index (χ1) is 17.1. The standard InChI is InChI=1S/C24H20Cl2N2O7S/c1-34-23(30)15-8-10-18(24(31)35-2)21(12-15)27-22(29)14-28(16-9-11-19(25)20(26)13-16)36(32,33)17-6-4-3-5-7-17/h3-13H,14H2,1-2H3,(H,27,29). The summed E-state index contributed by atoms with van der Waals surface area (Å²) in [5.74, 6) is -2.29. The molecule has 0 spiro atoms. The fourth-order valence-corrected chi connectivity index (χ4v) is 4.90. The molecule has 188 valence electrons. The molecule has 0 unspecified atom stereocenters. The van der Waals surface area contributed by atoms with Crippen LogP contribution in [0, 0.1) is 0 Å². The number of carbonyl (C=O) groups excluding carboxylic acids is 3. The van der Waals surface area contributed by atoms with E-state index in [1.54, 1.807) is 18.2 Å². The molecule has 1 N–H and O–H groups in total. The van der Waals surface area contributed by atoms with Gasteiger partial charge in [0.05, 0.1) is 51.7 Å². The lowest BCUT2D eigenvalue weighted by molar-refractivity contribution is -0.114. The molecular weight excluding hydrogens is 531 g/mol. The minimum atomic E-state index is -4.22. The Bertz CT molecular complexity index is 1410. The van der Waals surface area contributed by atoms with E-state index in [-0.39, 0.29) is 37.4 Å². The van der Waals surface area contributed by atoms with Gasteiger partial charge in [-0.2, -0.15) is 0 Å². The van der Waals surface area contributed by atoms with Gasteiger partial charge in [0.1, 0.15) is 6.54 Å². The van der Waals surface area contributed by atoms with Gasteiger partial charge in [0.15, 0.2) is 0 Å². The van der Waals surface area contributed by atoms with Gasteiger partial charge >= 0.3 is 11.9 Å². The predicted molar refractivity (Wildman–Crippen MR) is 135 cm³/mol. The summed E-state index contributed by atoms with van der Waals surface area (Å²) >= 11 is 12.1. The average Bonchev–Trinajstić information content (AvgIpc) is 2.88. The lowest BCUT2D eigenvalue weighted by atomic mass is 10.1. The van der Waals surface area contributed by atoms with E-state index in [0.29, 0.717) is 0 Å². The number of hydrogen-bond acceptors (Lipinski definition) is 7. The Labute approximate surface area is 217 Å². The fourth-order valence-electron chi connectivity index (χ4n) is 3.18. The molecule has 0 atom stereocenters. The van der Waals surface area contributed by atoms with Crippen LogP contribution in [-0.2, 0) is 24.3 Å². The summed E-state index contributed by atoms with van der Waals surface area (Å²) in [6.07, 6.45) is 0. The quantitative estimate of drug-likeness (QED) is 0.412.